The Morgan fingerprint density at radius 3 is 2.42 bits per heavy atom. The van der Waals surface area contributed by atoms with Gasteiger partial charge < -0.3 is 10.4 Å². The summed E-state index contributed by atoms with van der Waals surface area (Å²) in [5, 5.41) is 11.6. The lowest BCUT2D eigenvalue weighted by Gasteiger charge is -2.18. The largest absolute Gasteiger partial charge is 0.481 e. The monoisotopic (exact) mass is 265 g/mol. The van der Waals surface area contributed by atoms with Gasteiger partial charge in [0, 0.05) is 12.2 Å². The molecule has 0 aliphatic carbocycles. The second-order valence-electron chi connectivity index (χ2n) is 4.87. The molecule has 1 aromatic rings. The minimum atomic E-state index is -0.943. The summed E-state index contributed by atoms with van der Waals surface area (Å²) in [7, 11) is 0. The van der Waals surface area contributed by atoms with Crippen molar-refractivity contribution in [1.82, 2.24) is 15.3 Å². The zero-order valence-electron chi connectivity index (χ0n) is 11.5. The average Bonchev–Trinajstić information content (AvgIpc) is 2.37. The van der Waals surface area contributed by atoms with Crippen LogP contribution in [0.5, 0.6) is 0 Å². The molecule has 2 N–H and O–H groups in total. The first-order valence-electron chi connectivity index (χ1n) is 6.18. The number of carbonyl (C=O) groups excluding carboxylic acids is 1. The second-order valence-corrected chi connectivity index (χ2v) is 4.87. The van der Waals surface area contributed by atoms with E-state index >= 15 is 0 Å². The molecule has 19 heavy (non-hydrogen) atoms. The number of nitrogens with one attached hydrogen (secondary N) is 1. The Balaban J connectivity index is 2.87. The lowest BCUT2D eigenvalue weighted by molar-refractivity contribution is -0.141. The Kier molecular flexibility index (Phi) is 4.97. The van der Waals surface area contributed by atoms with Gasteiger partial charge in [-0.2, -0.15) is 0 Å². The number of carboxylic acids is 1. The molecule has 1 aromatic heterocycles. The van der Waals surface area contributed by atoms with Gasteiger partial charge in [-0.25, -0.2) is 9.97 Å². The molecule has 0 saturated carbocycles. The second kappa shape index (κ2) is 6.26. The SMILES string of the molecule is CC(C)c1ncncc1C(=O)NC(C)C(C)C(=O)O. The highest BCUT2D eigenvalue weighted by molar-refractivity contribution is 5.95. The molecule has 2 atom stereocenters. The Morgan fingerprint density at radius 1 is 1.26 bits per heavy atom. The van der Waals surface area contributed by atoms with Gasteiger partial charge in [0.1, 0.15) is 6.33 Å². The lowest BCUT2D eigenvalue weighted by Crippen LogP contribution is -2.40. The molecule has 0 aromatic carbocycles. The first kappa shape index (κ1) is 15.1. The Bertz CT molecular complexity index is 474. The summed E-state index contributed by atoms with van der Waals surface area (Å²) in [4.78, 5) is 30.9. The van der Waals surface area contributed by atoms with Crippen LogP contribution in [-0.2, 0) is 4.79 Å². The Morgan fingerprint density at radius 2 is 1.89 bits per heavy atom. The van der Waals surface area contributed by atoms with Gasteiger partial charge in [-0.3, -0.25) is 9.59 Å². The molecule has 0 aliphatic rings. The van der Waals surface area contributed by atoms with Crippen molar-refractivity contribution in [3.8, 4) is 0 Å². The minimum Gasteiger partial charge on any atom is -0.481 e. The van der Waals surface area contributed by atoms with E-state index in [9.17, 15) is 9.59 Å². The van der Waals surface area contributed by atoms with Crippen molar-refractivity contribution in [2.75, 3.05) is 0 Å². The van der Waals surface area contributed by atoms with Gasteiger partial charge in [-0.15, -0.1) is 0 Å². The predicted octanol–water partition coefficient (Wildman–Crippen LogP) is 1.44. The zero-order chi connectivity index (χ0) is 14.6. The molecule has 1 amide bonds. The third kappa shape index (κ3) is 3.74. The summed E-state index contributed by atoms with van der Waals surface area (Å²) < 4.78 is 0. The number of amides is 1. The van der Waals surface area contributed by atoms with Gasteiger partial charge >= 0.3 is 5.97 Å². The maximum atomic E-state index is 12.1. The van der Waals surface area contributed by atoms with Gasteiger partial charge in [0.25, 0.3) is 5.91 Å². The lowest BCUT2D eigenvalue weighted by atomic mass is 10.0. The van der Waals surface area contributed by atoms with Crippen molar-refractivity contribution in [3.63, 3.8) is 0 Å². The maximum absolute atomic E-state index is 12.1. The van der Waals surface area contributed by atoms with Crippen LogP contribution in [0, 0.1) is 5.92 Å². The fourth-order valence-corrected chi connectivity index (χ4v) is 1.60. The number of carboxylic acid groups (broad SMARTS) is 1. The van der Waals surface area contributed by atoms with Crippen LogP contribution in [0.25, 0.3) is 0 Å². The minimum absolute atomic E-state index is 0.0935. The molecule has 1 heterocycles. The summed E-state index contributed by atoms with van der Waals surface area (Å²) in [6, 6.07) is -0.467. The molecule has 0 bridgehead atoms. The van der Waals surface area contributed by atoms with Crippen molar-refractivity contribution in [1.29, 1.82) is 0 Å². The Labute approximate surface area is 112 Å². The third-order valence-corrected chi connectivity index (χ3v) is 3.03. The quantitative estimate of drug-likeness (QED) is 0.840. The number of rotatable bonds is 5. The van der Waals surface area contributed by atoms with Gasteiger partial charge in [-0.05, 0) is 19.8 Å². The van der Waals surface area contributed by atoms with Crippen LogP contribution in [-0.4, -0.2) is 33.0 Å². The van der Waals surface area contributed by atoms with E-state index < -0.39 is 17.9 Å². The summed E-state index contributed by atoms with van der Waals surface area (Å²) in [6.45, 7) is 7.08. The van der Waals surface area contributed by atoms with E-state index in [0.717, 1.165) is 0 Å². The fraction of sp³-hybridized carbons (Fsp3) is 0.538. The number of aliphatic carboxylic acids is 1. The van der Waals surface area contributed by atoms with E-state index in [1.807, 2.05) is 13.8 Å². The van der Waals surface area contributed by atoms with E-state index in [-0.39, 0.29) is 11.8 Å². The molecule has 0 fully saturated rings. The molecular weight excluding hydrogens is 246 g/mol. The van der Waals surface area contributed by atoms with Crippen LogP contribution in [0.4, 0.5) is 0 Å². The van der Waals surface area contributed by atoms with E-state index in [4.69, 9.17) is 5.11 Å². The first-order chi connectivity index (χ1) is 8.84. The summed E-state index contributed by atoms with van der Waals surface area (Å²) in [5.74, 6) is -1.85. The third-order valence-electron chi connectivity index (χ3n) is 3.03. The maximum Gasteiger partial charge on any atom is 0.308 e. The number of hydrogen-bond acceptors (Lipinski definition) is 4. The van der Waals surface area contributed by atoms with Gasteiger partial charge in [-0.1, -0.05) is 13.8 Å². The van der Waals surface area contributed by atoms with Crippen molar-refractivity contribution in [2.45, 2.75) is 39.7 Å². The molecule has 104 valence electrons. The zero-order valence-corrected chi connectivity index (χ0v) is 11.5. The number of hydrogen-bond donors (Lipinski definition) is 2. The highest BCUT2D eigenvalue weighted by Gasteiger charge is 2.23. The van der Waals surface area contributed by atoms with E-state index in [1.54, 1.807) is 13.8 Å². The highest BCUT2D eigenvalue weighted by atomic mass is 16.4. The highest BCUT2D eigenvalue weighted by Crippen LogP contribution is 2.16. The van der Waals surface area contributed by atoms with Crippen LogP contribution >= 0.6 is 0 Å². The van der Waals surface area contributed by atoms with E-state index in [0.29, 0.717) is 11.3 Å². The molecule has 0 aliphatic heterocycles. The van der Waals surface area contributed by atoms with Gasteiger partial charge in [0.2, 0.25) is 0 Å². The summed E-state index contributed by atoms with van der Waals surface area (Å²) in [6.07, 6.45) is 2.85. The molecule has 6 heteroatoms. The van der Waals surface area contributed by atoms with Crippen LogP contribution in [0.1, 0.15) is 49.7 Å². The topological polar surface area (TPSA) is 92.2 Å². The van der Waals surface area contributed by atoms with Gasteiger partial charge in [0.15, 0.2) is 0 Å². The van der Waals surface area contributed by atoms with Crippen LogP contribution in [0.2, 0.25) is 0 Å². The Hall–Kier alpha value is -1.98. The molecule has 0 spiro atoms. The van der Waals surface area contributed by atoms with E-state index in [1.165, 1.54) is 12.5 Å². The van der Waals surface area contributed by atoms with Crippen molar-refractivity contribution < 1.29 is 14.7 Å². The van der Waals surface area contributed by atoms with Crippen LogP contribution in [0.15, 0.2) is 12.5 Å². The molecule has 2 unspecified atom stereocenters. The number of carbonyl (C=O) groups is 2. The smallest absolute Gasteiger partial charge is 0.308 e. The predicted molar refractivity (Wildman–Crippen MR) is 69.8 cm³/mol. The van der Waals surface area contributed by atoms with Crippen LogP contribution in [0.3, 0.4) is 0 Å². The summed E-state index contributed by atoms with van der Waals surface area (Å²) >= 11 is 0. The summed E-state index contributed by atoms with van der Waals surface area (Å²) in [5.41, 5.74) is 1.05. The van der Waals surface area contributed by atoms with Crippen molar-refractivity contribution >= 4 is 11.9 Å². The van der Waals surface area contributed by atoms with Gasteiger partial charge in [0.05, 0.1) is 17.2 Å². The normalized spacial score (nSPS) is 13.9. The average molecular weight is 265 g/mol. The van der Waals surface area contributed by atoms with Crippen molar-refractivity contribution in [3.05, 3.63) is 23.8 Å². The van der Waals surface area contributed by atoms with E-state index in [2.05, 4.69) is 15.3 Å². The molecule has 6 nitrogen and oxygen atoms in total. The first-order valence-corrected chi connectivity index (χ1v) is 6.18. The molecule has 0 saturated heterocycles. The number of aromatic nitrogens is 2. The molecule has 0 radical (unpaired) electrons. The number of nitrogens with zero attached hydrogens (tertiary/aromatic N) is 2. The van der Waals surface area contributed by atoms with Crippen LogP contribution < -0.4 is 5.32 Å². The van der Waals surface area contributed by atoms with Crippen molar-refractivity contribution in [2.24, 2.45) is 5.92 Å². The molecular formula is C13H19N3O3. The molecule has 1 rings (SSSR count). The fourth-order valence-electron chi connectivity index (χ4n) is 1.60. The standard InChI is InChI=1S/C13H19N3O3/c1-7(2)11-10(5-14-6-15-11)12(17)16-9(4)8(3)13(18)19/h5-9H,1-4H3,(H,16,17)(H,18,19).